The van der Waals surface area contributed by atoms with Crippen LogP contribution in [-0.2, 0) is 10.2 Å². The molecule has 3 rings (SSSR count). The lowest BCUT2D eigenvalue weighted by atomic mass is 9.73. The number of aliphatic hydroxyl groups is 1. The van der Waals surface area contributed by atoms with Crippen molar-refractivity contribution >= 4 is 0 Å². The highest BCUT2D eigenvalue weighted by atomic mass is 16.5. The molecule has 1 aliphatic rings. The molecule has 0 saturated carbocycles. The van der Waals surface area contributed by atoms with E-state index in [1.807, 2.05) is 36.4 Å². The molecule has 0 radical (unpaired) electrons. The smallest absolute Gasteiger partial charge is 0.108 e. The summed E-state index contributed by atoms with van der Waals surface area (Å²) < 4.78 is 5.56. The standard InChI is InChI=1S/C17H16N2O2/c18-11-13-4-3-5-14(10-13)17(7-9-21-12-17)16(20)15-6-1-2-8-19-15/h1-6,8,10,16,20H,7,9,12H2. The number of benzene rings is 1. The Morgan fingerprint density at radius 3 is 2.86 bits per heavy atom. The van der Waals surface area contributed by atoms with Gasteiger partial charge in [-0.3, -0.25) is 4.98 Å². The predicted octanol–water partition coefficient (Wildman–Crippen LogP) is 2.34. The molecule has 2 unspecified atom stereocenters. The molecule has 1 saturated heterocycles. The Labute approximate surface area is 123 Å². The highest BCUT2D eigenvalue weighted by Crippen LogP contribution is 2.43. The first-order valence-corrected chi connectivity index (χ1v) is 6.94. The van der Waals surface area contributed by atoms with Crippen LogP contribution in [0, 0.1) is 11.3 Å². The number of pyridine rings is 1. The number of ether oxygens (including phenoxy) is 1. The molecule has 1 aromatic carbocycles. The van der Waals surface area contributed by atoms with Gasteiger partial charge < -0.3 is 9.84 Å². The Morgan fingerprint density at radius 1 is 1.29 bits per heavy atom. The van der Waals surface area contributed by atoms with Crippen LogP contribution in [0.1, 0.15) is 29.3 Å². The van der Waals surface area contributed by atoms with E-state index >= 15 is 0 Å². The number of nitrogens with zero attached hydrogens (tertiary/aromatic N) is 2. The molecule has 0 aliphatic carbocycles. The summed E-state index contributed by atoms with van der Waals surface area (Å²) in [5.74, 6) is 0. The van der Waals surface area contributed by atoms with E-state index in [9.17, 15) is 5.11 Å². The van der Waals surface area contributed by atoms with Gasteiger partial charge in [-0.25, -0.2) is 0 Å². The normalized spacial score (nSPS) is 22.7. The Hall–Kier alpha value is -2.22. The first-order valence-electron chi connectivity index (χ1n) is 6.94. The first-order chi connectivity index (χ1) is 10.3. The van der Waals surface area contributed by atoms with Crippen LogP contribution in [0.25, 0.3) is 0 Å². The van der Waals surface area contributed by atoms with Crippen molar-refractivity contribution in [1.29, 1.82) is 5.26 Å². The fraction of sp³-hybridized carbons (Fsp3) is 0.294. The van der Waals surface area contributed by atoms with Crippen LogP contribution in [0.15, 0.2) is 48.7 Å². The summed E-state index contributed by atoms with van der Waals surface area (Å²) >= 11 is 0. The average Bonchev–Trinajstić information content (AvgIpc) is 3.06. The van der Waals surface area contributed by atoms with Crippen LogP contribution in [0.2, 0.25) is 0 Å². The van der Waals surface area contributed by atoms with Crippen molar-refractivity contribution in [1.82, 2.24) is 4.98 Å². The fourth-order valence-electron chi connectivity index (χ4n) is 2.90. The van der Waals surface area contributed by atoms with Gasteiger partial charge in [-0.1, -0.05) is 18.2 Å². The zero-order chi connectivity index (χ0) is 14.7. The topological polar surface area (TPSA) is 66.1 Å². The Morgan fingerprint density at radius 2 is 2.19 bits per heavy atom. The molecule has 0 spiro atoms. The second kappa shape index (κ2) is 5.65. The zero-order valence-electron chi connectivity index (χ0n) is 11.6. The second-order valence-corrected chi connectivity index (χ2v) is 5.31. The summed E-state index contributed by atoms with van der Waals surface area (Å²) in [6, 6.07) is 15.0. The second-order valence-electron chi connectivity index (χ2n) is 5.31. The van der Waals surface area contributed by atoms with Crippen molar-refractivity contribution in [3.63, 3.8) is 0 Å². The van der Waals surface area contributed by atoms with Gasteiger partial charge >= 0.3 is 0 Å². The van der Waals surface area contributed by atoms with Gasteiger partial charge in [0, 0.05) is 12.8 Å². The molecular weight excluding hydrogens is 264 g/mol. The van der Waals surface area contributed by atoms with E-state index in [0.717, 1.165) is 5.56 Å². The Balaban J connectivity index is 2.06. The fourth-order valence-corrected chi connectivity index (χ4v) is 2.90. The van der Waals surface area contributed by atoms with Crippen LogP contribution in [0.5, 0.6) is 0 Å². The molecule has 1 aromatic heterocycles. The summed E-state index contributed by atoms with van der Waals surface area (Å²) in [7, 11) is 0. The molecule has 1 fully saturated rings. The molecule has 2 aromatic rings. The van der Waals surface area contributed by atoms with Crippen molar-refractivity contribution in [2.75, 3.05) is 13.2 Å². The lowest BCUT2D eigenvalue weighted by Crippen LogP contribution is -2.35. The molecule has 0 bridgehead atoms. The lowest BCUT2D eigenvalue weighted by Gasteiger charge is -2.33. The van der Waals surface area contributed by atoms with Gasteiger partial charge in [0.2, 0.25) is 0 Å². The Kier molecular flexibility index (Phi) is 3.70. The summed E-state index contributed by atoms with van der Waals surface area (Å²) in [5.41, 5.74) is 1.61. The molecular formula is C17H16N2O2. The third kappa shape index (κ3) is 2.42. The summed E-state index contributed by atoms with van der Waals surface area (Å²) in [6.07, 6.45) is 1.63. The molecule has 1 N–H and O–H groups in total. The quantitative estimate of drug-likeness (QED) is 0.937. The molecule has 21 heavy (non-hydrogen) atoms. The van der Waals surface area contributed by atoms with Crippen LogP contribution in [0.3, 0.4) is 0 Å². The average molecular weight is 280 g/mol. The third-order valence-corrected chi connectivity index (χ3v) is 4.11. The molecule has 4 nitrogen and oxygen atoms in total. The minimum atomic E-state index is -0.754. The van der Waals surface area contributed by atoms with E-state index in [-0.39, 0.29) is 0 Å². The molecule has 1 aliphatic heterocycles. The number of nitriles is 1. The highest BCUT2D eigenvalue weighted by molar-refractivity contribution is 5.39. The first kappa shape index (κ1) is 13.7. The molecule has 0 amide bonds. The van der Waals surface area contributed by atoms with Gasteiger partial charge in [-0.2, -0.15) is 5.26 Å². The van der Waals surface area contributed by atoms with Crippen LogP contribution < -0.4 is 0 Å². The van der Waals surface area contributed by atoms with Crippen LogP contribution >= 0.6 is 0 Å². The minimum absolute atomic E-state index is 0.430. The van der Waals surface area contributed by atoms with E-state index < -0.39 is 11.5 Å². The molecule has 4 heteroatoms. The van der Waals surface area contributed by atoms with Gasteiger partial charge in [-0.05, 0) is 36.2 Å². The summed E-state index contributed by atoms with van der Waals surface area (Å²) in [6.45, 7) is 1.03. The van der Waals surface area contributed by atoms with Crippen molar-refractivity contribution in [3.05, 3.63) is 65.5 Å². The highest BCUT2D eigenvalue weighted by Gasteiger charge is 2.44. The van der Waals surface area contributed by atoms with Crippen molar-refractivity contribution in [3.8, 4) is 6.07 Å². The molecule has 2 atom stereocenters. The van der Waals surface area contributed by atoms with Crippen molar-refractivity contribution in [2.24, 2.45) is 0 Å². The van der Waals surface area contributed by atoms with Gasteiger partial charge in [0.15, 0.2) is 0 Å². The van der Waals surface area contributed by atoms with Crippen LogP contribution in [-0.4, -0.2) is 23.3 Å². The van der Waals surface area contributed by atoms with Gasteiger partial charge in [-0.15, -0.1) is 0 Å². The zero-order valence-corrected chi connectivity index (χ0v) is 11.6. The molecule has 2 heterocycles. The molecule has 106 valence electrons. The number of aromatic nitrogens is 1. The van der Waals surface area contributed by atoms with E-state index in [1.54, 1.807) is 12.3 Å². The number of hydrogen-bond donors (Lipinski definition) is 1. The summed E-state index contributed by atoms with van der Waals surface area (Å²) in [4.78, 5) is 4.27. The number of rotatable bonds is 3. The third-order valence-electron chi connectivity index (χ3n) is 4.11. The number of aliphatic hydroxyl groups excluding tert-OH is 1. The SMILES string of the molecule is N#Cc1cccc(C2(C(O)c3ccccn3)CCOC2)c1. The number of hydrogen-bond acceptors (Lipinski definition) is 4. The minimum Gasteiger partial charge on any atom is -0.386 e. The Bertz CT molecular complexity index is 658. The van der Waals surface area contributed by atoms with E-state index in [2.05, 4.69) is 11.1 Å². The van der Waals surface area contributed by atoms with E-state index in [0.29, 0.717) is 30.9 Å². The maximum absolute atomic E-state index is 10.9. The monoisotopic (exact) mass is 280 g/mol. The van der Waals surface area contributed by atoms with Crippen molar-refractivity contribution < 1.29 is 9.84 Å². The maximum atomic E-state index is 10.9. The van der Waals surface area contributed by atoms with Gasteiger partial charge in [0.05, 0.1) is 29.3 Å². The van der Waals surface area contributed by atoms with E-state index in [1.165, 1.54) is 0 Å². The summed E-state index contributed by atoms with van der Waals surface area (Å²) in [5, 5.41) is 20.0. The van der Waals surface area contributed by atoms with Crippen molar-refractivity contribution in [2.45, 2.75) is 17.9 Å². The lowest BCUT2D eigenvalue weighted by molar-refractivity contribution is 0.0616. The maximum Gasteiger partial charge on any atom is 0.108 e. The predicted molar refractivity (Wildman–Crippen MR) is 77.5 cm³/mol. The van der Waals surface area contributed by atoms with Gasteiger partial charge in [0.25, 0.3) is 0 Å². The largest absolute Gasteiger partial charge is 0.386 e. The van der Waals surface area contributed by atoms with Gasteiger partial charge in [0.1, 0.15) is 6.10 Å². The van der Waals surface area contributed by atoms with E-state index in [4.69, 9.17) is 10.00 Å². The van der Waals surface area contributed by atoms with Crippen LogP contribution in [0.4, 0.5) is 0 Å².